The lowest BCUT2D eigenvalue weighted by Gasteiger charge is -2.37. The summed E-state index contributed by atoms with van der Waals surface area (Å²) < 4.78 is 19.3. The largest absolute Gasteiger partial charge is 0.497 e. The lowest BCUT2D eigenvalue weighted by molar-refractivity contribution is -0.129. The molecule has 0 atom stereocenters. The number of benzene rings is 5. The predicted octanol–water partition coefficient (Wildman–Crippen LogP) is 7.71. The third-order valence-corrected chi connectivity index (χ3v) is 13.4. The van der Waals surface area contributed by atoms with Crippen molar-refractivity contribution in [3.63, 3.8) is 0 Å². The van der Waals surface area contributed by atoms with E-state index in [0.29, 0.717) is 88.1 Å². The van der Waals surface area contributed by atoms with Crippen molar-refractivity contribution < 1.29 is 33.4 Å². The van der Waals surface area contributed by atoms with Gasteiger partial charge < -0.3 is 42.9 Å². The van der Waals surface area contributed by atoms with E-state index in [-0.39, 0.29) is 47.3 Å². The predicted molar refractivity (Wildman–Crippen MR) is 284 cm³/mol. The Kier molecular flexibility index (Phi) is 16.1. The molecule has 15 heteroatoms. The summed E-state index contributed by atoms with van der Waals surface area (Å²) in [7, 11) is 1.59. The van der Waals surface area contributed by atoms with E-state index < -0.39 is 11.9 Å². The monoisotopic (exact) mass is 986 g/mol. The van der Waals surface area contributed by atoms with Crippen molar-refractivity contribution in [3.8, 4) is 5.75 Å². The van der Waals surface area contributed by atoms with Crippen molar-refractivity contribution in [2.75, 3.05) is 82.5 Å². The van der Waals surface area contributed by atoms with Crippen molar-refractivity contribution in [3.05, 3.63) is 181 Å². The number of carbonyl (C=O) groups is 4. The van der Waals surface area contributed by atoms with Gasteiger partial charge >= 0.3 is 11.9 Å². The molecule has 0 N–H and O–H groups in total. The molecule has 2 aliphatic heterocycles. The molecule has 7 aromatic rings. The summed E-state index contributed by atoms with van der Waals surface area (Å²) in [5.74, 6) is -0.593. The summed E-state index contributed by atoms with van der Waals surface area (Å²) in [6, 6.07) is 38.4. The summed E-state index contributed by atoms with van der Waals surface area (Å²) >= 11 is 0. The Morgan fingerprint density at radius 1 is 0.521 bits per heavy atom. The zero-order valence-corrected chi connectivity index (χ0v) is 42.4. The minimum atomic E-state index is -0.635. The smallest absolute Gasteiger partial charge is 0.345 e. The van der Waals surface area contributed by atoms with Crippen molar-refractivity contribution >= 4 is 56.9 Å². The fourth-order valence-electron chi connectivity index (χ4n) is 9.68. The van der Waals surface area contributed by atoms with E-state index in [1.54, 1.807) is 71.1 Å². The topological polar surface area (TPSA) is 153 Å². The molecule has 0 aliphatic carbocycles. The molecule has 2 fully saturated rings. The van der Waals surface area contributed by atoms with Crippen LogP contribution in [0.3, 0.4) is 0 Å². The van der Waals surface area contributed by atoms with E-state index in [4.69, 9.17) is 14.2 Å². The molecule has 378 valence electrons. The molecule has 0 saturated carbocycles. The molecule has 15 nitrogen and oxygen atoms in total. The maximum Gasteiger partial charge on any atom is 0.345 e. The Labute approximate surface area is 424 Å². The van der Waals surface area contributed by atoms with E-state index >= 15 is 0 Å². The van der Waals surface area contributed by atoms with Crippen LogP contribution in [0.2, 0.25) is 0 Å². The van der Waals surface area contributed by atoms with Gasteiger partial charge in [0.1, 0.15) is 16.9 Å². The summed E-state index contributed by atoms with van der Waals surface area (Å²) in [5, 5.41) is 1.65. The minimum absolute atomic E-state index is 0.0271. The van der Waals surface area contributed by atoms with Gasteiger partial charge in [-0.15, -0.1) is 0 Å². The number of amides is 2. The lowest BCUT2D eigenvalue weighted by atomic mass is 10.0. The van der Waals surface area contributed by atoms with Crippen LogP contribution in [-0.4, -0.2) is 115 Å². The number of rotatable bonds is 12. The molecule has 0 radical (unpaired) electrons. The molecular formula is C58H62N6O9. The van der Waals surface area contributed by atoms with Crippen molar-refractivity contribution in [1.82, 2.24) is 18.9 Å². The van der Waals surface area contributed by atoms with Gasteiger partial charge in [0.15, 0.2) is 0 Å². The van der Waals surface area contributed by atoms with E-state index in [1.165, 1.54) is 0 Å². The molecule has 2 amide bonds. The van der Waals surface area contributed by atoms with Crippen LogP contribution < -0.4 is 25.7 Å². The second-order valence-corrected chi connectivity index (χ2v) is 18.2. The van der Waals surface area contributed by atoms with Gasteiger partial charge in [0.2, 0.25) is 5.91 Å². The molecule has 0 bridgehead atoms. The molecular weight excluding hydrogens is 925 g/mol. The number of piperazine rings is 2. The molecule has 0 unspecified atom stereocenters. The van der Waals surface area contributed by atoms with Crippen LogP contribution in [0.1, 0.15) is 74.1 Å². The zero-order chi connectivity index (χ0) is 51.8. The highest BCUT2D eigenvalue weighted by atomic mass is 16.5. The lowest BCUT2D eigenvalue weighted by Crippen LogP contribution is -2.49. The number of pyridine rings is 2. The average Bonchev–Trinajstić information content (AvgIpc) is 3.40. The summed E-state index contributed by atoms with van der Waals surface area (Å²) in [6.07, 6.45) is 0. The standard InChI is InChI=1S/C32H33N3O5.C26H29N3O4/c1-4-40-32(38)28-29(33-16-18-34(19-17-33)30(36)24-11-13-25(39-3)14-12-24)26-20-22(2)10-15-27(26)35(31(28)37)21-23-8-6-5-7-9-23;1-4-33-26(32)23-24(28-14-12-27(13-15-28)19(3)30)21-16-18(2)10-11-22(21)29(25(23)31)17-20-8-6-5-7-9-20/h5-15,20H,4,16-19,21H2,1-3H3;5-11,16H,4,12-15,17H2,1-3H3. The van der Waals surface area contributed by atoms with Crippen LogP contribution in [0.15, 0.2) is 131 Å². The molecule has 0 spiro atoms. The third kappa shape index (κ3) is 11.2. The first-order valence-corrected chi connectivity index (χ1v) is 24.8. The van der Waals surface area contributed by atoms with Crippen LogP contribution in [0.25, 0.3) is 21.8 Å². The van der Waals surface area contributed by atoms with Gasteiger partial charge in [-0.25, -0.2) is 9.59 Å². The first kappa shape index (κ1) is 51.2. The number of hydrogen-bond donors (Lipinski definition) is 0. The Balaban J connectivity index is 0.000000199. The molecule has 9 rings (SSSR count). The summed E-state index contributed by atoms with van der Waals surface area (Å²) in [4.78, 5) is 86.9. The average molecular weight is 987 g/mol. The van der Waals surface area contributed by atoms with Crippen LogP contribution in [-0.2, 0) is 27.4 Å². The van der Waals surface area contributed by atoms with E-state index in [2.05, 4.69) is 0 Å². The second kappa shape index (κ2) is 22.9. The van der Waals surface area contributed by atoms with Gasteiger partial charge in [-0.1, -0.05) is 83.9 Å². The SMILES string of the molecule is CCOC(=O)c1c(N2CCN(C(=O)c3ccc(OC)cc3)CC2)c2cc(C)ccc2n(Cc2ccccc2)c1=O.CCOC(=O)c1c(N2CCN(C(C)=O)CC2)c2cc(C)ccc2n(Cc2ccccc2)c1=O. The van der Waals surface area contributed by atoms with E-state index in [0.717, 1.165) is 44.1 Å². The molecule has 5 aromatic carbocycles. The molecule has 4 heterocycles. The number of methoxy groups -OCH3 is 1. The van der Waals surface area contributed by atoms with E-state index in [1.807, 2.05) is 121 Å². The number of hydrogen-bond acceptors (Lipinski definition) is 11. The maximum absolute atomic E-state index is 14.0. The number of fused-ring (bicyclic) bond motifs is 2. The fraction of sp³-hybridized carbons (Fsp3) is 0.310. The number of esters is 2. The Morgan fingerprint density at radius 3 is 1.32 bits per heavy atom. The number of aryl methyl sites for hydroxylation is 2. The van der Waals surface area contributed by atoms with Crippen LogP contribution >= 0.6 is 0 Å². The van der Waals surface area contributed by atoms with Gasteiger partial charge in [0.25, 0.3) is 17.0 Å². The van der Waals surface area contributed by atoms with Crippen molar-refractivity contribution in [1.29, 1.82) is 0 Å². The molecule has 2 saturated heterocycles. The van der Waals surface area contributed by atoms with Gasteiger partial charge in [0.05, 0.1) is 55.8 Å². The summed E-state index contributed by atoms with van der Waals surface area (Å²) in [5.41, 5.74) is 6.60. The van der Waals surface area contributed by atoms with Gasteiger partial charge in [-0.05, 0) is 87.4 Å². The summed E-state index contributed by atoms with van der Waals surface area (Å²) in [6.45, 7) is 14.0. The van der Waals surface area contributed by atoms with Crippen molar-refractivity contribution in [2.24, 2.45) is 0 Å². The highest BCUT2D eigenvalue weighted by molar-refractivity contribution is 6.07. The zero-order valence-electron chi connectivity index (χ0n) is 42.4. The van der Waals surface area contributed by atoms with Crippen LogP contribution in [0, 0.1) is 13.8 Å². The Bertz CT molecular complexity index is 3260. The van der Waals surface area contributed by atoms with Crippen LogP contribution in [0.4, 0.5) is 11.4 Å². The quantitative estimate of drug-likeness (QED) is 0.111. The first-order valence-electron chi connectivity index (χ1n) is 24.8. The Morgan fingerprint density at radius 2 is 0.932 bits per heavy atom. The molecule has 2 aliphatic rings. The number of anilines is 2. The number of nitrogens with zero attached hydrogens (tertiary/aromatic N) is 6. The van der Waals surface area contributed by atoms with Gasteiger partial charge in [-0.3, -0.25) is 19.2 Å². The number of ether oxygens (including phenoxy) is 3. The maximum atomic E-state index is 14.0. The fourth-order valence-corrected chi connectivity index (χ4v) is 9.68. The highest BCUT2D eigenvalue weighted by Gasteiger charge is 2.32. The number of aromatic nitrogens is 2. The molecule has 73 heavy (non-hydrogen) atoms. The third-order valence-electron chi connectivity index (χ3n) is 13.4. The highest BCUT2D eigenvalue weighted by Crippen LogP contribution is 2.34. The van der Waals surface area contributed by atoms with Gasteiger partial charge in [0, 0.05) is 75.6 Å². The first-order chi connectivity index (χ1) is 35.3. The second-order valence-electron chi connectivity index (χ2n) is 18.2. The van der Waals surface area contributed by atoms with Crippen molar-refractivity contribution in [2.45, 2.75) is 47.7 Å². The Hall–Kier alpha value is -8.20. The van der Waals surface area contributed by atoms with Crippen LogP contribution in [0.5, 0.6) is 5.75 Å². The minimum Gasteiger partial charge on any atom is -0.497 e. The van der Waals surface area contributed by atoms with E-state index in [9.17, 15) is 28.8 Å². The van der Waals surface area contributed by atoms with Gasteiger partial charge in [-0.2, -0.15) is 0 Å². The normalized spacial score (nSPS) is 13.6. The number of carbonyl (C=O) groups excluding carboxylic acids is 4. The molecule has 2 aromatic heterocycles.